The maximum atomic E-state index is 13.5. The second kappa shape index (κ2) is 6.27. The smallest absolute Gasteiger partial charge is 0.140 e. The second-order valence-electron chi connectivity index (χ2n) is 4.67. The van der Waals surface area contributed by atoms with Gasteiger partial charge in [0.1, 0.15) is 11.6 Å². The number of rotatable bonds is 3. The number of halogens is 3. The number of benzene rings is 2. The van der Waals surface area contributed by atoms with Crippen molar-refractivity contribution >= 4 is 38.5 Å². The van der Waals surface area contributed by atoms with Crippen LogP contribution in [0.4, 0.5) is 4.39 Å². The molecule has 21 heavy (non-hydrogen) atoms. The SMILES string of the molecule is Fc1cc(Br)cc(Cn2ccnc2-c2cccc(I)c2)c1. The summed E-state index contributed by atoms with van der Waals surface area (Å²) in [7, 11) is 0. The van der Waals surface area contributed by atoms with Crippen LogP contribution in [0.5, 0.6) is 0 Å². The lowest BCUT2D eigenvalue weighted by molar-refractivity contribution is 0.622. The van der Waals surface area contributed by atoms with Gasteiger partial charge in [0.2, 0.25) is 0 Å². The first-order chi connectivity index (χ1) is 10.1. The minimum atomic E-state index is -0.240. The Kier molecular flexibility index (Phi) is 4.40. The molecule has 1 aromatic heterocycles. The van der Waals surface area contributed by atoms with Gasteiger partial charge in [0.15, 0.2) is 0 Å². The van der Waals surface area contributed by atoms with Crippen molar-refractivity contribution in [2.45, 2.75) is 6.54 Å². The molecule has 0 unspecified atom stereocenters. The first-order valence-corrected chi connectivity index (χ1v) is 8.21. The van der Waals surface area contributed by atoms with E-state index in [0.29, 0.717) is 6.54 Å². The van der Waals surface area contributed by atoms with Gasteiger partial charge in [0.25, 0.3) is 0 Å². The maximum Gasteiger partial charge on any atom is 0.140 e. The molecular formula is C16H11BrFIN2. The first kappa shape index (κ1) is 14.7. The maximum absolute atomic E-state index is 13.5. The molecular weight excluding hydrogens is 446 g/mol. The van der Waals surface area contributed by atoms with Crippen molar-refractivity contribution in [1.82, 2.24) is 9.55 Å². The molecule has 0 N–H and O–H groups in total. The van der Waals surface area contributed by atoms with E-state index in [4.69, 9.17) is 0 Å². The van der Waals surface area contributed by atoms with Crippen LogP contribution in [0.15, 0.2) is 59.3 Å². The van der Waals surface area contributed by atoms with E-state index in [1.807, 2.05) is 35.0 Å². The Hall–Kier alpha value is -1.21. The summed E-state index contributed by atoms with van der Waals surface area (Å²) < 4.78 is 17.4. The monoisotopic (exact) mass is 456 g/mol. The molecule has 106 valence electrons. The number of hydrogen-bond acceptors (Lipinski definition) is 1. The Balaban J connectivity index is 1.96. The first-order valence-electron chi connectivity index (χ1n) is 6.34. The lowest BCUT2D eigenvalue weighted by atomic mass is 10.2. The molecule has 0 spiro atoms. The van der Waals surface area contributed by atoms with E-state index in [2.05, 4.69) is 49.6 Å². The molecule has 2 aromatic carbocycles. The highest BCUT2D eigenvalue weighted by Gasteiger charge is 2.08. The molecule has 0 amide bonds. The molecule has 0 aliphatic rings. The van der Waals surface area contributed by atoms with Gasteiger partial charge in [0.05, 0.1) is 0 Å². The summed E-state index contributed by atoms with van der Waals surface area (Å²) in [4.78, 5) is 4.42. The van der Waals surface area contributed by atoms with E-state index in [9.17, 15) is 4.39 Å². The standard InChI is InChI=1S/C16H11BrFIN2/c17-13-6-11(7-14(18)9-13)10-21-5-4-20-16(21)12-2-1-3-15(19)8-12/h1-9H,10H2. The Morgan fingerprint density at radius 1 is 1.19 bits per heavy atom. The van der Waals surface area contributed by atoms with Crippen molar-refractivity contribution in [3.63, 3.8) is 0 Å². The van der Waals surface area contributed by atoms with Gasteiger partial charge in [-0.2, -0.15) is 0 Å². The van der Waals surface area contributed by atoms with Crippen molar-refractivity contribution in [3.05, 3.63) is 74.3 Å². The molecule has 1 heterocycles. The van der Waals surface area contributed by atoms with E-state index in [0.717, 1.165) is 25.0 Å². The zero-order chi connectivity index (χ0) is 14.8. The summed E-state index contributed by atoms with van der Waals surface area (Å²) in [6, 6.07) is 13.1. The summed E-state index contributed by atoms with van der Waals surface area (Å²) in [5.74, 6) is 0.643. The average Bonchev–Trinajstić information content (AvgIpc) is 2.85. The molecule has 3 aromatic rings. The van der Waals surface area contributed by atoms with Gasteiger partial charge in [-0.1, -0.05) is 28.1 Å². The Bertz CT molecular complexity index is 765. The predicted octanol–water partition coefficient (Wildman–Crippen LogP) is 5.10. The Morgan fingerprint density at radius 2 is 2.05 bits per heavy atom. The molecule has 0 fully saturated rings. The zero-order valence-corrected chi connectivity index (χ0v) is 14.7. The molecule has 5 heteroatoms. The van der Waals surface area contributed by atoms with Gasteiger partial charge in [-0.3, -0.25) is 0 Å². The van der Waals surface area contributed by atoms with Crippen LogP contribution in [0.3, 0.4) is 0 Å². The van der Waals surface area contributed by atoms with E-state index < -0.39 is 0 Å². The molecule has 0 aliphatic carbocycles. The zero-order valence-electron chi connectivity index (χ0n) is 10.9. The van der Waals surface area contributed by atoms with Crippen LogP contribution in [0.1, 0.15) is 5.56 Å². The number of imidazole rings is 1. The van der Waals surface area contributed by atoms with Gasteiger partial charge in [-0.05, 0) is 58.5 Å². The minimum Gasteiger partial charge on any atom is -0.327 e. The van der Waals surface area contributed by atoms with E-state index in [1.54, 1.807) is 12.3 Å². The highest BCUT2D eigenvalue weighted by atomic mass is 127. The van der Waals surface area contributed by atoms with Crippen LogP contribution in [0.2, 0.25) is 0 Å². The van der Waals surface area contributed by atoms with Crippen LogP contribution in [-0.4, -0.2) is 9.55 Å². The molecule has 0 bridgehead atoms. The van der Waals surface area contributed by atoms with Crippen LogP contribution < -0.4 is 0 Å². The fourth-order valence-corrected chi connectivity index (χ4v) is 3.28. The second-order valence-corrected chi connectivity index (χ2v) is 6.83. The van der Waals surface area contributed by atoms with Gasteiger partial charge >= 0.3 is 0 Å². The van der Waals surface area contributed by atoms with Crippen molar-refractivity contribution in [2.75, 3.05) is 0 Å². The summed E-state index contributed by atoms with van der Waals surface area (Å²) in [5, 5.41) is 0. The normalized spacial score (nSPS) is 10.8. The lowest BCUT2D eigenvalue weighted by Gasteiger charge is -2.09. The molecule has 0 radical (unpaired) electrons. The molecule has 0 atom stereocenters. The minimum absolute atomic E-state index is 0.240. The van der Waals surface area contributed by atoms with Crippen LogP contribution in [0.25, 0.3) is 11.4 Å². The Morgan fingerprint density at radius 3 is 2.81 bits per heavy atom. The van der Waals surface area contributed by atoms with Gasteiger partial charge < -0.3 is 4.57 Å². The molecule has 0 saturated carbocycles. The Labute approximate surface area is 144 Å². The van der Waals surface area contributed by atoms with Gasteiger partial charge in [-0.25, -0.2) is 9.37 Å². The van der Waals surface area contributed by atoms with Crippen molar-refractivity contribution in [3.8, 4) is 11.4 Å². The predicted molar refractivity (Wildman–Crippen MR) is 93.6 cm³/mol. The van der Waals surface area contributed by atoms with Crippen molar-refractivity contribution < 1.29 is 4.39 Å². The largest absolute Gasteiger partial charge is 0.327 e. The third-order valence-electron chi connectivity index (χ3n) is 3.07. The number of hydrogen-bond donors (Lipinski definition) is 0. The third kappa shape index (κ3) is 3.52. The fourth-order valence-electron chi connectivity index (χ4n) is 2.22. The van der Waals surface area contributed by atoms with E-state index in [-0.39, 0.29) is 5.82 Å². The van der Waals surface area contributed by atoms with Gasteiger partial charge in [-0.15, -0.1) is 0 Å². The quantitative estimate of drug-likeness (QED) is 0.501. The van der Waals surface area contributed by atoms with Crippen molar-refractivity contribution in [2.24, 2.45) is 0 Å². The molecule has 0 saturated heterocycles. The fraction of sp³-hybridized carbons (Fsp3) is 0.0625. The van der Waals surface area contributed by atoms with E-state index in [1.165, 1.54) is 6.07 Å². The number of nitrogens with zero attached hydrogens (tertiary/aromatic N) is 2. The summed E-state index contributed by atoms with van der Waals surface area (Å²) in [6.07, 6.45) is 3.68. The highest BCUT2D eigenvalue weighted by Crippen LogP contribution is 2.22. The summed E-state index contributed by atoms with van der Waals surface area (Å²) >= 11 is 5.61. The van der Waals surface area contributed by atoms with Gasteiger partial charge in [0, 0.05) is 32.5 Å². The molecule has 3 rings (SSSR count). The highest BCUT2D eigenvalue weighted by molar-refractivity contribution is 14.1. The van der Waals surface area contributed by atoms with Crippen LogP contribution >= 0.6 is 38.5 Å². The lowest BCUT2D eigenvalue weighted by Crippen LogP contribution is -2.01. The van der Waals surface area contributed by atoms with Crippen LogP contribution in [-0.2, 0) is 6.54 Å². The van der Waals surface area contributed by atoms with Crippen molar-refractivity contribution in [1.29, 1.82) is 0 Å². The number of aromatic nitrogens is 2. The summed E-state index contributed by atoms with van der Waals surface area (Å²) in [5.41, 5.74) is 1.95. The summed E-state index contributed by atoms with van der Waals surface area (Å²) in [6.45, 7) is 0.581. The third-order valence-corrected chi connectivity index (χ3v) is 4.20. The molecule has 2 nitrogen and oxygen atoms in total. The van der Waals surface area contributed by atoms with Crippen LogP contribution in [0, 0.1) is 9.39 Å². The average molecular weight is 457 g/mol. The molecule has 0 aliphatic heterocycles. The van der Waals surface area contributed by atoms with E-state index >= 15 is 0 Å². The topological polar surface area (TPSA) is 17.8 Å².